The van der Waals surface area contributed by atoms with Crippen molar-refractivity contribution in [2.45, 2.75) is 26.0 Å². The summed E-state index contributed by atoms with van der Waals surface area (Å²) in [6, 6.07) is 7.70. The minimum atomic E-state index is -0.0403. The van der Waals surface area contributed by atoms with E-state index in [1.54, 1.807) is 13.3 Å². The summed E-state index contributed by atoms with van der Waals surface area (Å²) in [7, 11) is 1.65. The van der Waals surface area contributed by atoms with E-state index in [1.807, 2.05) is 24.3 Å². The molecule has 0 N–H and O–H groups in total. The van der Waals surface area contributed by atoms with Crippen LogP contribution >= 0.6 is 0 Å². The maximum atomic E-state index is 5.56. The van der Waals surface area contributed by atoms with Crippen LogP contribution < -0.4 is 4.74 Å². The zero-order valence-corrected chi connectivity index (χ0v) is 11.9. The van der Waals surface area contributed by atoms with Crippen LogP contribution in [0.5, 0.6) is 5.75 Å². The SMILES string of the molecule is CCCOC1CC=C(C#Cc2ccc(OC)cc2)C=N1. The highest BCUT2D eigenvalue weighted by Gasteiger charge is 2.08. The molecule has 1 aromatic carbocycles. The van der Waals surface area contributed by atoms with Crippen molar-refractivity contribution in [3.05, 3.63) is 41.5 Å². The van der Waals surface area contributed by atoms with Crippen LogP contribution in [0.4, 0.5) is 0 Å². The number of methoxy groups -OCH3 is 1. The van der Waals surface area contributed by atoms with E-state index < -0.39 is 0 Å². The van der Waals surface area contributed by atoms with Gasteiger partial charge in [0.2, 0.25) is 0 Å². The molecule has 0 saturated heterocycles. The summed E-state index contributed by atoms with van der Waals surface area (Å²) < 4.78 is 10.7. The Labute approximate surface area is 120 Å². The summed E-state index contributed by atoms with van der Waals surface area (Å²) >= 11 is 0. The molecule has 20 heavy (non-hydrogen) atoms. The van der Waals surface area contributed by atoms with Crippen molar-refractivity contribution in [1.29, 1.82) is 0 Å². The largest absolute Gasteiger partial charge is 0.497 e. The Morgan fingerprint density at radius 1 is 1.25 bits per heavy atom. The third kappa shape index (κ3) is 4.25. The Morgan fingerprint density at radius 3 is 2.65 bits per heavy atom. The monoisotopic (exact) mass is 269 g/mol. The number of allylic oxidation sites excluding steroid dienone is 1. The fraction of sp³-hybridized carbons (Fsp3) is 0.353. The molecular formula is C17H19NO2. The van der Waals surface area contributed by atoms with Gasteiger partial charge in [0.15, 0.2) is 6.23 Å². The summed E-state index contributed by atoms with van der Waals surface area (Å²) in [5.41, 5.74) is 1.90. The van der Waals surface area contributed by atoms with Gasteiger partial charge < -0.3 is 9.47 Å². The highest BCUT2D eigenvalue weighted by molar-refractivity contribution is 5.85. The molecule has 0 bridgehead atoms. The molecule has 1 heterocycles. The van der Waals surface area contributed by atoms with Crippen molar-refractivity contribution < 1.29 is 9.47 Å². The molecule has 0 spiro atoms. The summed E-state index contributed by atoms with van der Waals surface area (Å²) in [6.07, 6.45) is 5.63. The number of ether oxygens (including phenoxy) is 2. The van der Waals surface area contributed by atoms with E-state index in [0.29, 0.717) is 0 Å². The van der Waals surface area contributed by atoms with Gasteiger partial charge in [-0.15, -0.1) is 0 Å². The van der Waals surface area contributed by atoms with Crippen LogP contribution in [0.3, 0.4) is 0 Å². The predicted molar refractivity (Wildman–Crippen MR) is 81.1 cm³/mol. The Bertz CT molecular complexity index is 547. The third-order valence-corrected chi connectivity index (χ3v) is 2.87. The number of benzene rings is 1. The third-order valence-electron chi connectivity index (χ3n) is 2.87. The molecule has 1 atom stereocenters. The van der Waals surface area contributed by atoms with Gasteiger partial charge in [0.1, 0.15) is 5.75 Å². The molecule has 0 radical (unpaired) electrons. The maximum absolute atomic E-state index is 5.56. The molecule has 104 valence electrons. The second-order valence-electron chi connectivity index (χ2n) is 4.48. The fourth-order valence-corrected chi connectivity index (χ4v) is 1.77. The summed E-state index contributed by atoms with van der Waals surface area (Å²) in [5.74, 6) is 7.07. The molecule has 0 amide bonds. The number of hydrogen-bond donors (Lipinski definition) is 0. The average molecular weight is 269 g/mol. The minimum absolute atomic E-state index is 0.0403. The maximum Gasteiger partial charge on any atom is 0.151 e. The smallest absolute Gasteiger partial charge is 0.151 e. The Kier molecular flexibility index (Phi) is 5.40. The molecule has 2 rings (SSSR count). The second kappa shape index (κ2) is 7.52. The zero-order valence-electron chi connectivity index (χ0n) is 11.9. The number of nitrogens with zero attached hydrogens (tertiary/aromatic N) is 1. The number of rotatable bonds is 4. The standard InChI is InChI=1S/C17H19NO2/c1-3-12-20-17-11-8-15(13-18-17)5-4-14-6-9-16(19-2)10-7-14/h6-10,13,17H,3,11-12H2,1-2H3. The lowest BCUT2D eigenvalue weighted by Crippen LogP contribution is -2.13. The summed E-state index contributed by atoms with van der Waals surface area (Å²) in [6.45, 7) is 2.84. The normalized spacial score (nSPS) is 17.1. The van der Waals surface area contributed by atoms with Crippen molar-refractivity contribution in [3.63, 3.8) is 0 Å². The van der Waals surface area contributed by atoms with Crippen LogP contribution in [0.1, 0.15) is 25.3 Å². The van der Waals surface area contributed by atoms with E-state index in [-0.39, 0.29) is 6.23 Å². The van der Waals surface area contributed by atoms with Crippen LogP contribution in [-0.2, 0) is 4.74 Å². The van der Waals surface area contributed by atoms with Crippen LogP contribution in [0.25, 0.3) is 0 Å². The molecule has 1 aliphatic heterocycles. The first kappa shape index (κ1) is 14.4. The molecule has 0 aromatic heterocycles. The van der Waals surface area contributed by atoms with Crippen molar-refractivity contribution in [1.82, 2.24) is 0 Å². The van der Waals surface area contributed by atoms with Gasteiger partial charge in [-0.1, -0.05) is 24.8 Å². The van der Waals surface area contributed by atoms with Crippen LogP contribution in [0, 0.1) is 11.8 Å². The number of dihydropyridines is 1. The van der Waals surface area contributed by atoms with Crippen LogP contribution in [-0.4, -0.2) is 26.2 Å². The number of aliphatic imine (C=N–C) groups is 1. The van der Waals surface area contributed by atoms with E-state index in [1.165, 1.54) is 0 Å². The molecule has 0 saturated carbocycles. The van der Waals surface area contributed by atoms with Gasteiger partial charge in [0.25, 0.3) is 0 Å². The highest BCUT2D eigenvalue weighted by atomic mass is 16.5. The Morgan fingerprint density at radius 2 is 2.05 bits per heavy atom. The molecule has 1 aromatic rings. The molecule has 1 unspecified atom stereocenters. The minimum Gasteiger partial charge on any atom is -0.497 e. The molecular weight excluding hydrogens is 250 g/mol. The number of hydrogen-bond acceptors (Lipinski definition) is 3. The van der Waals surface area contributed by atoms with Crippen molar-refractivity contribution in [2.75, 3.05) is 13.7 Å². The molecule has 0 fully saturated rings. The van der Waals surface area contributed by atoms with Gasteiger partial charge >= 0.3 is 0 Å². The Balaban J connectivity index is 1.93. The first-order valence-corrected chi connectivity index (χ1v) is 6.83. The molecule has 1 aliphatic rings. The van der Waals surface area contributed by atoms with Gasteiger partial charge in [-0.2, -0.15) is 0 Å². The van der Waals surface area contributed by atoms with Crippen LogP contribution in [0.15, 0.2) is 40.9 Å². The lowest BCUT2D eigenvalue weighted by molar-refractivity contribution is 0.0617. The Hall–Kier alpha value is -2.05. The van der Waals surface area contributed by atoms with Gasteiger partial charge in [-0.05, 0) is 30.7 Å². The van der Waals surface area contributed by atoms with E-state index in [9.17, 15) is 0 Å². The summed E-state index contributed by atoms with van der Waals surface area (Å²) in [4.78, 5) is 4.35. The van der Waals surface area contributed by atoms with Crippen molar-refractivity contribution in [2.24, 2.45) is 4.99 Å². The van der Waals surface area contributed by atoms with Crippen molar-refractivity contribution >= 4 is 6.21 Å². The van der Waals surface area contributed by atoms with Gasteiger partial charge in [0.05, 0.1) is 7.11 Å². The van der Waals surface area contributed by atoms with Gasteiger partial charge in [-0.25, -0.2) is 0 Å². The lowest BCUT2D eigenvalue weighted by atomic mass is 10.1. The first-order chi connectivity index (χ1) is 9.81. The average Bonchev–Trinajstić information content (AvgIpc) is 2.52. The molecule has 0 aliphatic carbocycles. The van der Waals surface area contributed by atoms with Gasteiger partial charge in [0, 0.05) is 30.4 Å². The lowest BCUT2D eigenvalue weighted by Gasteiger charge is -2.13. The zero-order chi connectivity index (χ0) is 14.2. The second-order valence-corrected chi connectivity index (χ2v) is 4.48. The highest BCUT2D eigenvalue weighted by Crippen LogP contribution is 2.12. The molecule has 3 nitrogen and oxygen atoms in total. The van der Waals surface area contributed by atoms with E-state index in [2.05, 4.69) is 29.8 Å². The van der Waals surface area contributed by atoms with Crippen LogP contribution in [0.2, 0.25) is 0 Å². The van der Waals surface area contributed by atoms with Gasteiger partial charge in [-0.3, -0.25) is 4.99 Å². The quantitative estimate of drug-likeness (QED) is 0.786. The van der Waals surface area contributed by atoms with E-state index in [0.717, 1.165) is 36.3 Å². The topological polar surface area (TPSA) is 30.8 Å². The van der Waals surface area contributed by atoms with E-state index in [4.69, 9.17) is 9.47 Å². The predicted octanol–water partition coefficient (Wildman–Crippen LogP) is 3.20. The first-order valence-electron chi connectivity index (χ1n) is 6.83. The van der Waals surface area contributed by atoms with E-state index >= 15 is 0 Å². The fourth-order valence-electron chi connectivity index (χ4n) is 1.77. The molecule has 3 heteroatoms. The van der Waals surface area contributed by atoms with Crippen molar-refractivity contribution in [3.8, 4) is 17.6 Å². The summed E-state index contributed by atoms with van der Waals surface area (Å²) in [5, 5.41) is 0.